The molecular weight excluding hydrogens is 202 g/mol. The van der Waals surface area contributed by atoms with Crippen molar-refractivity contribution in [1.82, 2.24) is 4.90 Å². The first-order valence-electron chi connectivity index (χ1n) is 6.25. The first-order chi connectivity index (χ1) is 7.61. The molecule has 0 aromatic rings. The van der Waals surface area contributed by atoms with Crippen LogP contribution in [0.4, 0.5) is 0 Å². The molecule has 1 fully saturated rings. The molecule has 0 aromatic carbocycles. The third-order valence-electron chi connectivity index (χ3n) is 2.73. The van der Waals surface area contributed by atoms with Gasteiger partial charge in [-0.25, -0.2) is 0 Å². The molecule has 4 heteroatoms. The number of rotatable bonds is 7. The summed E-state index contributed by atoms with van der Waals surface area (Å²) in [5, 5.41) is 0. The molecule has 16 heavy (non-hydrogen) atoms. The van der Waals surface area contributed by atoms with E-state index in [2.05, 4.69) is 23.7 Å². The van der Waals surface area contributed by atoms with Crippen molar-refractivity contribution in [3.05, 3.63) is 0 Å². The molecule has 1 aliphatic rings. The van der Waals surface area contributed by atoms with E-state index in [0.29, 0.717) is 18.1 Å². The van der Waals surface area contributed by atoms with Gasteiger partial charge in [0.05, 0.1) is 6.10 Å². The molecule has 0 radical (unpaired) electrons. The summed E-state index contributed by atoms with van der Waals surface area (Å²) >= 11 is 0. The van der Waals surface area contributed by atoms with Crippen molar-refractivity contribution < 1.29 is 4.74 Å². The second-order valence-corrected chi connectivity index (χ2v) is 4.71. The van der Waals surface area contributed by atoms with Gasteiger partial charge in [0.2, 0.25) is 0 Å². The van der Waals surface area contributed by atoms with Crippen LogP contribution < -0.4 is 5.73 Å². The number of ether oxygens (including phenoxy) is 1. The van der Waals surface area contributed by atoms with Crippen LogP contribution in [0.15, 0.2) is 4.99 Å². The van der Waals surface area contributed by atoms with Crippen LogP contribution in [0, 0.1) is 0 Å². The van der Waals surface area contributed by atoms with Gasteiger partial charge < -0.3 is 15.4 Å². The van der Waals surface area contributed by atoms with Gasteiger partial charge in [-0.05, 0) is 39.5 Å². The Morgan fingerprint density at radius 2 is 2.12 bits per heavy atom. The van der Waals surface area contributed by atoms with Crippen LogP contribution in [-0.2, 0) is 4.74 Å². The Hall–Kier alpha value is -0.770. The average Bonchev–Trinajstić information content (AvgIpc) is 3.05. The second kappa shape index (κ2) is 6.74. The summed E-state index contributed by atoms with van der Waals surface area (Å²) in [6.45, 7) is 5.75. The summed E-state index contributed by atoms with van der Waals surface area (Å²) in [6, 6.07) is 0.646. The molecule has 0 aliphatic heterocycles. The second-order valence-electron chi connectivity index (χ2n) is 4.71. The Morgan fingerprint density at radius 3 is 2.69 bits per heavy atom. The fourth-order valence-electron chi connectivity index (χ4n) is 1.49. The van der Waals surface area contributed by atoms with Crippen LogP contribution in [0.5, 0.6) is 0 Å². The molecule has 1 saturated carbocycles. The lowest BCUT2D eigenvalue weighted by atomic mass is 10.3. The quantitative estimate of drug-likeness (QED) is 0.408. The summed E-state index contributed by atoms with van der Waals surface area (Å²) < 4.78 is 5.45. The van der Waals surface area contributed by atoms with Crippen molar-refractivity contribution in [3.8, 4) is 0 Å². The number of guanidine groups is 1. The van der Waals surface area contributed by atoms with Crippen LogP contribution >= 0.6 is 0 Å². The maximum absolute atomic E-state index is 5.87. The molecule has 94 valence electrons. The zero-order chi connectivity index (χ0) is 12.0. The highest BCUT2D eigenvalue weighted by Gasteiger charge is 2.27. The molecule has 0 unspecified atom stereocenters. The van der Waals surface area contributed by atoms with Crippen molar-refractivity contribution in [2.45, 2.75) is 51.7 Å². The Balaban J connectivity index is 2.02. The van der Waals surface area contributed by atoms with Gasteiger partial charge in [-0.1, -0.05) is 0 Å². The molecule has 0 heterocycles. The fourth-order valence-corrected chi connectivity index (χ4v) is 1.49. The van der Waals surface area contributed by atoms with E-state index in [1.165, 1.54) is 12.8 Å². The Labute approximate surface area is 98.9 Å². The fraction of sp³-hybridized carbons (Fsp3) is 0.917. The van der Waals surface area contributed by atoms with E-state index in [-0.39, 0.29) is 0 Å². The van der Waals surface area contributed by atoms with Crippen molar-refractivity contribution in [3.63, 3.8) is 0 Å². The van der Waals surface area contributed by atoms with Gasteiger partial charge >= 0.3 is 0 Å². The standard InChI is InChI=1S/C12H25N3O/c1-10(2)16-9-5-4-8-14-12(13)15(3)11-6-7-11/h10-11H,4-9H2,1-3H3,(H2,13,14). The lowest BCUT2D eigenvalue weighted by Gasteiger charge is -2.16. The molecule has 2 N–H and O–H groups in total. The van der Waals surface area contributed by atoms with Gasteiger partial charge in [0.1, 0.15) is 0 Å². The molecule has 1 rings (SSSR count). The highest BCUT2D eigenvalue weighted by atomic mass is 16.5. The van der Waals surface area contributed by atoms with Gasteiger partial charge in [-0.3, -0.25) is 4.99 Å². The molecule has 0 bridgehead atoms. The molecular formula is C12H25N3O. The Kier molecular flexibility index (Phi) is 5.60. The van der Waals surface area contributed by atoms with E-state index in [0.717, 1.165) is 26.0 Å². The van der Waals surface area contributed by atoms with Crippen LogP contribution in [0.1, 0.15) is 39.5 Å². The zero-order valence-corrected chi connectivity index (χ0v) is 10.8. The zero-order valence-electron chi connectivity index (χ0n) is 10.8. The first kappa shape index (κ1) is 13.3. The lowest BCUT2D eigenvalue weighted by Crippen LogP contribution is -2.35. The van der Waals surface area contributed by atoms with Gasteiger partial charge in [0, 0.05) is 26.2 Å². The van der Waals surface area contributed by atoms with E-state index >= 15 is 0 Å². The first-order valence-corrected chi connectivity index (χ1v) is 6.25. The molecule has 0 aromatic heterocycles. The van der Waals surface area contributed by atoms with Crippen LogP contribution in [-0.4, -0.2) is 43.2 Å². The predicted octanol–water partition coefficient (Wildman–Crippen LogP) is 1.60. The van der Waals surface area contributed by atoms with Crippen molar-refractivity contribution >= 4 is 5.96 Å². The van der Waals surface area contributed by atoms with Gasteiger partial charge in [0.25, 0.3) is 0 Å². The van der Waals surface area contributed by atoms with Crippen LogP contribution in [0.3, 0.4) is 0 Å². The number of unbranched alkanes of at least 4 members (excludes halogenated alkanes) is 1. The Bertz CT molecular complexity index is 224. The van der Waals surface area contributed by atoms with E-state index in [1.54, 1.807) is 0 Å². The minimum Gasteiger partial charge on any atom is -0.379 e. The van der Waals surface area contributed by atoms with Gasteiger partial charge in [-0.2, -0.15) is 0 Å². The maximum Gasteiger partial charge on any atom is 0.191 e. The highest BCUT2D eigenvalue weighted by molar-refractivity contribution is 5.78. The highest BCUT2D eigenvalue weighted by Crippen LogP contribution is 2.24. The summed E-state index contributed by atoms with van der Waals surface area (Å²) in [7, 11) is 2.03. The SMILES string of the molecule is CC(C)OCCCCN=C(N)N(C)C1CC1. The van der Waals surface area contributed by atoms with E-state index in [4.69, 9.17) is 10.5 Å². The number of hydrogen-bond donors (Lipinski definition) is 1. The average molecular weight is 227 g/mol. The summed E-state index contributed by atoms with van der Waals surface area (Å²) in [6.07, 6.45) is 4.95. The topological polar surface area (TPSA) is 50.9 Å². The smallest absolute Gasteiger partial charge is 0.191 e. The van der Waals surface area contributed by atoms with Crippen molar-refractivity contribution in [1.29, 1.82) is 0 Å². The third kappa shape index (κ3) is 5.35. The van der Waals surface area contributed by atoms with Gasteiger partial charge in [-0.15, -0.1) is 0 Å². The maximum atomic E-state index is 5.87. The largest absolute Gasteiger partial charge is 0.379 e. The lowest BCUT2D eigenvalue weighted by molar-refractivity contribution is 0.0763. The van der Waals surface area contributed by atoms with E-state index in [1.807, 2.05) is 7.05 Å². The number of aliphatic imine (C=N–C) groups is 1. The molecule has 0 atom stereocenters. The summed E-state index contributed by atoms with van der Waals surface area (Å²) in [4.78, 5) is 6.45. The van der Waals surface area contributed by atoms with Crippen molar-refractivity contribution in [2.75, 3.05) is 20.2 Å². The van der Waals surface area contributed by atoms with Crippen LogP contribution in [0.2, 0.25) is 0 Å². The molecule has 0 saturated heterocycles. The Morgan fingerprint density at radius 1 is 1.44 bits per heavy atom. The molecule has 0 amide bonds. The number of nitrogens with zero attached hydrogens (tertiary/aromatic N) is 2. The molecule has 0 spiro atoms. The predicted molar refractivity (Wildman–Crippen MR) is 67.6 cm³/mol. The minimum atomic E-state index is 0.328. The van der Waals surface area contributed by atoms with Crippen molar-refractivity contribution in [2.24, 2.45) is 10.7 Å². The van der Waals surface area contributed by atoms with Crippen LogP contribution in [0.25, 0.3) is 0 Å². The number of nitrogens with two attached hydrogens (primary N) is 1. The minimum absolute atomic E-state index is 0.328. The monoisotopic (exact) mass is 227 g/mol. The molecule has 4 nitrogen and oxygen atoms in total. The summed E-state index contributed by atoms with van der Waals surface area (Å²) in [5.74, 6) is 0.687. The summed E-state index contributed by atoms with van der Waals surface area (Å²) in [5.41, 5.74) is 5.87. The molecule has 1 aliphatic carbocycles. The van der Waals surface area contributed by atoms with Gasteiger partial charge in [0.15, 0.2) is 5.96 Å². The van der Waals surface area contributed by atoms with E-state index < -0.39 is 0 Å². The number of hydrogen-bond acceptors (Lipinski definition) is 2. The third-order valence-corrected chi connectivity index (χ3v) is 2.73. The van der Waals surface area contributed by atoms with E-state index in [9.17, 15) is 0 Å². The normalized spacial score (nSPS) is 16.9.